The number of rotatable bonds is 6. The first kappa shape index (κ1) is 14.6. The average molecular weight is 273 g/mol. The van der Waals surface area contributed by atoms with E-state index in [-0.39, 0.29) is 12.0 Å². The van der Waals surface area contributed by atoms with Crippen LogP contribution in [0.2, 0.25) is 0 Å². The zero-order chi connectivity index (χ0) is 14.6. The van der Waals surface area contributed by atoms with Gasteiger partial charge in [0.2, 0.25) is 0 Å². The Balaban J connectivity index is 2.16. The van der Waals surface area contributed by atoms with Gasteiger partial charge in [-0.05, 0) is 36.5 Å². The lowest BCUT2D eigenvalue weighted by Crippen LogP contribution is -2.23. The van der Waals surface area contributed by atoms with Gasteiger partial charge in [-0.1, -0.05) is 13.8 Å². The van der Waals surface area contributed by atoms with Gasteiger partial charge in [0.05, 0.1) is 0 Å². The predicted octanol–water partition coefficient (Wildman–Crippen LogP) is 3.03. The highest BCUT2D eigenvalue weighted by Crippen LogP contribution is 2.29. The van der Waals surface area contributed by atoms with Crippen LogP contribution in [-0.2, 0) is 0 Å². The highest BCUT2D eigenvalue weighted by molar-refractivity contribution is 6.00. The Bertz CT molecular complexity index is 581. The number of nitrogens with zero attached hydrogens (tertiary/aromatic N) is 1. The number of aromatic nitrogens is 1. The number of aliphatic hydroxyl groups is 1. The van der Waals surface area contributed by atoms with Crippen molar-refractivity contribution >= 4 is 22.1 Å². The number of nitrogens with one attached hydrogen (secondary N) is 1. The maximum Gasteiger partial charge on any atom is 0.0437 e. The van der Waals surface area contributed by atoms with Crippen molar-refractivity contribution in [2.45, 2.75) is 26.7 Å². The molecule has 2 aromatic rings. The quantitative estimate of drug-likeness (QED) is 0.707. The van der Waals surface area contributed by atoms with E-state index in [0.717, 1.165) is 41.5 Å². The minimum atomic E-state index is 0.138. The van der Waals surface area contributed by atoms with Gasteiger partial charge in [0.15, 0.2) is 0 Å². The average Bonchev–Trinajstić information content (AvgIpc) is 2.45. The Morgan fingerprint density at radius 2 is 2.05 bits per heavy atom. The lowest BCUT2D eigenvalue weighted by Gasteiger charge is -2.25. The van der Waals surface area contributed by atoms with Crippen molar-refractivity contribution in [3.63, 3.8) is 0 Å². The summed E-state index contributed by atoms with van der Waals surface area (Å²) < 4.78 is 0. The second kappa shape index (κ2) is 6.09. The van der Waals surface area contributed by atoms with E-state index in [4.69, 9.17) is 10.8 Å². The molecule has 4 heteroatoms. The zero-order valence-corrected chi connectivity index (χ0v) is 12.2. The summed E-state index contributed by atoms with van der Waals surface area (Å²) in [5.74, 6) is 0. The van der Waals surface area contributed by atoms with Crippen LogP contribution in [0.5, 0.6) is 0 Å². The van der Waals surface area contributed by atoms with E-state index in [1.165, 1.54) is 0 Å². The van der Waals surface area contributed by atoms with Crippen molar-refractivity contribution in [3.8, 4) is 0 Å². The largest absolute Gasteiger partial charge is 0.398 e. The summed E-state index contributed by atoms with van der Waals surface area (Å²) in [5, 5.41) is 14.5. The maximum atomic E-state index is 8.94. The first-order valence-corrected chi connectivity index (χ1v) is 7.00. The molecule has 0 saturated carbocycles. The molecule has 4 N–H and O–H groups in total. The van der Waals surface area contributed by atoms with Crippen molar-refractivity contribution in [1.29, 1.82) is 0 Å². The van der Waals surface area contributed by atoms with Crippen LogP contribution in [0.15, 0.2) is 30.6 Å². The fraction of sp³-hybridized carbons (Fsp3) is 0.438. The number of benzene rings is 1. The molecule has 0 radical (unpaired) electrons. The van der Waals surface area contributed by atoms with Crippen LogP contribution < -0.4 is 11.1 Å². The monoisotopic (exact) mass is 273 g/mol. The summed E-state index contributed by atoms with van der Waals surface area (Å²) >= 11 is 0. The molecule has 1 aromatic heterocycles. The number of anilines is 2. The van der Waals surface area contributed by atoms with Crippen LogP contribution in [0.3, 0.4) is 0 Å². The second-order valence-electron chi connectivity index (χ2n) is 5.97. The molecule has 0 bridgehead atoms. The van der Waals surface area contributed by atoms with Gasteiger partial charge in [-0.15, -0.1) is 0 Å². The smallest absolute Gasteiger partial charge is 0.0437 e. The number of nitrogens with two attached hydrogens (primary N) is 1. The van der Waals surface area contributed by atoms with E-state index in [1.54, 1.807) is 6.20 Å². The molecule has 0 saturated heterocycles. The number of aliphatic hydroxyl groups excluding tert-OH is 1. The van der Waals surface area contributed by atoms with E-state index >= 15 is 0 Å². The van der Waals surface area contributed by atoms with Crippen LogP contribution in [0, 0.1) is 5.41 Å². The molecule has 0 atom stereocenters. The minimum absolute atomic E-state index is 0.138. The van der Waals surface area contributed by atoms with Gasteiger partial charge in [-0.3, -0.25) is 4.98 Å². The Morgan fingerprint density at radius 3 is 2.80 bits per heavy atom. The molecule has 2 rings (SSSR count). The summed E-state index contributed by atoms with van der Waals surface area (Å²) in [5.41, 5.74) is 7.95. The van der Waals surface area contributed by atoms with E-state index < -0.39 is 0 Å². The van der Waals surface area contributed by atoms with E-state index in [0.29, 0.717) is 0 Å². The van der Waals surface area contributed by atoms with Gasteiger partial charge in [-0.2, -0.15) is 0 Å². The van der Waals surface area contributed by atoms with Crippen molar-refractivity contribution in [2.24, 2.45) is 5.41 Å². The molecule has 20 heavy (non-hydrogen) atoms. The lowest BCUT2D eigenvalue weighted by atomic mass is 9.88. The number of fused-ring (bicyclic) bond motifs is 1. The third-order valence-corrected chi connectivity index (χ3v) is 3.62. The van der Waals surface area contributed by atoms with Gasteiger partial charge in [-0.25, -0.2) is 0 Å². The van der Waals surface area contributed by atoms with Gasteiger partial charge in [0.1, 0.15) is 0 Å². The number of nitrogen functional groups attached to an aromatic ring is 1. The summed E-state index contributed by atoms with van der Waals surface area (Å²) in [6, 6.07) is 5.86. The van der Waals surface area contributed by atoms with Crippen molar-refractivity contribution < 1.29 is 5.11 Å². The van der Waals surface area contributed by atoms with Gasteiger partial charge in [0, 0.05) is 47.7 Å². The SMILES string of the molecule is CC(C)(CCCO)CNc1ccc(N)c2ccncc12. The minimum Gasteiger partial charge on any atom is -0.398 e. The molecular weight excluding hydrogens is 250 g/mol. The first-order valence-electron chi connectivity index (χ1n) is 7.00. The third-order valence-electron chi connectivity index (χ3n) is 3.62. The van der Waals surface area contributed by atoms with E-state index in [1.807, 2.05) is 24.4 Å². The van der Waals surface area contributed by atoms with E-state index in [2.05, 4.69) is 24.1 Å². The molecule has 1 heterocycles. The van der Waals surface area contributed by atoms with Crippen LogP contribution in [-0.4, -0.2) is 23.2 Å². The van der Waals surface area contributed by atoms with E-state index in [9.17, 15) is 0 Å². The Morgan fingerprint density at radius 1 is 1.25 bits per heavy atom. The van der Waals surface area contributed by atoms with Crippen molar-refractivity contribution in [2.75, 3.05) is 24.2 Å². The molecule has 4 nitrogen and oxygen atoms in total. The molecule has 0 spiro atoms. The summed E-state index contributed by atoms with van der Waals surface area (Å²) in [6.45, 7) is 5.50. The highest BCUT2D eigenvalue weighted by atomic mass is 16.2. The molecule has 0 aliphatic heterocycles. The van der Waals surface area contributed by atoms with Crippen LogP contribution in [0.25, 0.3) is 10.8 Å². The number of hydrogen-bond donors (Lipinski definition) is 3. The Kier molecular flexibility index (Phi) is 4.45. The van der Waals surface area contributed by atoms with Gasteiger partial charge < -0.3 is 16.2 Å². The fourth-order valence-electron chi connectivity index (χ4n) is 2.35. The number of hydrogen-bond acceptors (Lipinski definition) is 4. The summed E-state index contributed by atoms with van der Waals surface area (Å²) in [4.78, 5) is 4.18. The van der Waals surface area contributed by atoms with Crippen molar-refractivity contribution in [3.05, 3.63) is 30.6 Å². The lowest BCUT2D eigenvalue weighted by molar-refractivity contribution is 0.248. The summed E-state index contributed by atoms with van der Waals surface area (Å²) in [7, 11) is 0. The van der Waals surface area contributed by atoms with Crippen molar-refractivity contribution in [1.82, 2.24) is 4.98 Å². The maximum absolute atomic E-state index is 8.94. The molecule has 1 aromatic carbocycles. The fourth-order valence-corrected chi connectivity index (χ4v) is 2.35. The molecule has 0 amide bonds. The van der Waals surface area contributed by atoms with Crippen LogP contribution in [0.1, 0.15) is 26.7 Å². The molecule has 0 aliphatic rings. The molecule has 0 aliphatic carbocycles. The third kappa shape index (κ3) is 3.39. The predicted molar refractivity (Wildman–Crippen MR) is 84.7 cm³/mol. The number of pyridine rings is 1. The van der Waals surface area contributed by atoms with Crippen LogP contribution in [0.4, 0.5) is 11.4 Å². The van der Waals surface area contributed by atoms with Gasteiger partial charge in [0.25, 0.3) is 0 Å². The Labute approximate surface area is 120 Å². The normalized spacial score (nSPS) is 11.8. The summed E-state index contributed by atoms with van der Waals surface area (Å²) in [6.07, 6.45) is 5.42. The topological polar surface area (TPSA) is 71.2 Å². The Hall–Kier alpha value is -1.81. The van der Waals surface area contributed by atoms with Gasteiger partial charge >= 0.3 is 0 Å². The molecular formula is C16H23N3O. The molecule has 0 fully saturated rings. The first-order chi connectivity index (χ1) is 9.53. The molecule has 0 unspecified atom stereocenters. The highest BCUT2D eigenvalue weighted by Gasteiger charge is 2.17. The molecule has 108 valence electrons. The van der Waals surface area contributed by atoms with Crippen LogP contribution >= 0.6 is 0 Å². The standard InChI is InChI=1S/C16H23N3O/c1-16(2,7-3-9-20)11-19-15-5-4-14(17)12-6-8-18-10-13(12)15/h4-6,8,10,19-20H,3,7,9,11,17H2,1-2H3. The second-order valence-corrected chi connectivity index (χ2v) is 5.97. The zero-order valence-electron chi connectivity index (χ0n) is 12.2.